The summed E-state index contributed by atoms with van der Waals surface area (Å²) in [4.78, 5) is 0. The van der Waals surface area contributed by atoms with Crippen molar-refractivity contribution in [1.82, 2.24) is 0 Å². The highest BCUT2D eigenvalue weighted by Gasteiger charge is 1.49. The summed E-state index contributed by atoms with van der Waals surface area (Å²) in [7, 11) is 2.76. The number of rotatable bonds is 1. The molecule has 0 aromatic rings. The highest BCUT2D eigenvalue weighted by atomic mass is 28.2. The van der Waals surface area contributed by atoms with Crippen LogP contribution in [0.5, 0.6) is 0 Å². The molecule has 0 aromatic heterocycles. The van der Waals surface area contributed by atoms with Crippen molar-refractivity contribution in [3.63, 3.8) is 0 Å². The van der Waals surface area contributed by atoms with Crippen molar-refractivity contribution < 1.29 is 4.43 Å². The molecule has 0 aliphatic heterocycles. The maximum atomic E-state index is 4.32. The van der Waals surface area contributed by atoms with Gasteiger partial charge in [0.1, 0.15) is 0 Å². The van der Waals surface area contributed by atoms with Gasteiger partial charge in [0, 0.05) is 0 Å². The van der Waals surface area contributed by atoms with Crippen LogP contribution in [-0.2, 0) is 4.43 Å². The van der Waals surface area contributed by atoms with Crippen LogP contribution < -0.4 is 0 Å². The van der Waals surface area contributed by atoms with Gasteiger partial charge < -0.3 is 4.43 Å². The quantitative estimate of drug-likeness (QED) is 0.335. The maximum Gasteiger partial charge on any atom is 0.340 e. The topological polar surface area (TPSA) is 9.23 Å². The van der Waals surface area contributed by atoms with Crippen molar-refractivity contribution in [2.75, 3.05) is 0 Å². The van der Waals surface area contributed by atoms with Gasteiger partial charge in [-0.1, -0.05) is 6.08 Å². The summed E-state index contributed by atoms with van der Waals surface area (Å²) < 4.78 is 4.32. The molecule has 2 heteroatoms. The Morgan fingerprint density at radius 3 is 2.40 bits per heavy atom. The number of hydrogen-bond donors (Lipinski definition) is 0. The van der Waals surface area contributed by atoms with Crippen LogP contribution in [0.25, 0.3) is 0 Å². The highest BCUT2D eigenvalue weighted by molar-refractivity contribution is 5.98. The van der Waals surface area contributed by atoms with Crippen LogP contribution in [0, 0.1) is 0 Å². The van der Waals surface area contributed by atoms with Crippen molar-refractivity contribution >= 4 is 10.5 Å². The molecule has 27 valence electrons. The molecule has 0 spiro atoms. The van der Waals surface area contributed by atoms with Crippen molar-refractivity contribution in [3.8, 4) is 0 Å². The zero-order chi connectivity index (χ0) is 4.12. The maximum absolute atomic E-state index is 4.32. The third kappa shape index (κ3) is 3.76. The first-order valence-electron chi connectivity index (χ1n) is 1.35. The van der Waals surface area contributed by atoms with Crippen LogP contribution >= 0.6 is 0 Å². The summed E-state index contributed by atoms with van der Waals surface area (Å²) in [6.07, 6.45) is 3.32. The molecule has 0 amide bonds. The minimum absolute atomic E-state index is 1.54. The first-order valence-corrected chi connectivity index (χ1v) is 1.76. The van der Waals surface area contributed by atoms with Gasteiger partial charge in [-0.15, -0.1) is 0 Å². The second kappa shape index (κ2) is 3.76. The predicted molar refractivity (Wildman–Crippen MR) is 21.7 cm³/mol. The van der Waals surface area contributed by atoms with E-state index in [1.807, 2.05) is 6.92 Å². The van der Waals surface area contributed by atoms with Gasteiger partial charge in [0.25, 0.3) is 0 Å². The Kier molecular flexibility index (Phi) is 3.57. The molecule has 0 aromatic carbocycles. The SMILES string of the molecule is CC=CO[Si]. The van der Waals surface area contributed by atoms with Crippen LogP contribution in [-0.4, -0.2) is 10.5 Å². The fraction of sp³-hybridized carbons (Fsp3) is 0.333. The second-order valence-electron chi connectivity index (χ2n) is 0.587. The van der Waals surface area contributed by atoms with E-state index in [0.717, 1.165) is 0 Å². The molecule has 0 bridgehead atoms. The Labute approximate surface area is 35.2 Å². The monoisotopic (exact) mass is 85.0 g/mol. The van der Waals surface area contributed by atoms with Crippen LogP contribution in [0.15, 0.2) is 12.3 Å². The molecule has 1 nitrogen and oxygen atoms in total. The van der Waals surface area contributed by atoms with Gasteiger partial charge in [-0.25, -0.2) is 0 Å². The molecule has 0 N–H and O–H groups in total. The van der Waals surface area contributed by atoms with Crippen LogP contribution in [0.4, 0.5) is 0 Å². The smallest absolute Gasteiger partial charge is 0.340 e. The molecule has 0 heterocycles. The van der Waals surface area contributed by atoms with E-state index in [0.29, 0.717) is 0 Å². The molecular weight excluding hydrogens is 80.1 g/mol. The number of hydrogen-bond acceptors (Lipinski definition) is 1. The van der Waals surface area contributed by atoms with E-state index in [1.54, 1.807) is 6.08 Å². The van der Waals surface area contributed by atoms with E-state index in [1.165, 1.54) is 6.26 Å². The molecule has 0 unspecified atom stereocenters. The minimum atomic E-state index is 1.54. The first kappa shape index (κ1) is 4.76. The summed E-state index contributed by atoms with van der Waals surface area (Å²) in [6.45, 7) is 1.88. The average Bonchev–Trinajstić information content (AvgIpc) is 1.41. The fourth-order valence-electron chi connectivity index (χ4n) is 0.0680. The molecule has 5 heavy (non-hydrogen) atoms. The Morgan fingerprint density at radius 1 is 1.80 bits per heavy atom. The van der Waals surface area contributed by atoms with Crippen LogP contribution in [0.1, 0.15) is 6.92 Å². The summed E-state index contributed by atoms with van der Waals surface area (Å²) >= 11 is 0. The Hall–Kier alpha value is -0.243. The largest absolute Gasteiger partial charge is 0.546 e. The molecule has 3 radical (unpaired) electrons. The van der Waals surface area contributed by atoms with Gasteiger partial charge in [0.15, 0.2) is 0 Å². The minimum Gasteiger partial charge on any atom is -0.546 e. The molecule has 0 aliphatic rings. The summed E-state index contributed by atoms with van der Waals surface area (Å²) in [6, 6.07) is 0. The third-order valence-electron chi connectivity index (χ3n) is 0.204. The second-order valence-corrected chi connectivity index (χ2v) is 0.823. The molecule has 0 saturated carbocycles. The van der Waals surface area contributed by atoms with Crippen molar-refractivity contribution in [2.45, 2.75) is 6.92 Å². The standard InChI is InChI=1S/C3H5OSi/c1-2-3-4-5/h2-3H,1H3. The van der Waals surface area contributed by atoms with Crippen molar-refractivity contribution in [3.05, 3.63) is 12.3 Å². The lowest BCUT2D eigenvalue weighted by molar-refractivity contribution is 0.534. The first-order chi connectivity index (χ1) is 2.41. The van der Waals surface area contributed by atoms with Gasteiger partial charge >= 0.3 is 10.5 Å². The van der Waals surface area contributed by atoms with Crippen molar-refractivity contribution in [2.24, 2.45) is 0 Å². The average molecular weight is 85.2 g/mol. The zero-order valence-electron chi connectivity index (χ0n) is 3.06. The third-order valence-corrected chi connectivity index (χ3v) is 0.340. The summed E-state index contributed by atoms with van der Waals surface area (Å²) in [5.41, 5.74) is 0. The van der Waals surface area contributed by atoms with E-state index >= 15 is 0 Å². The van der Waals surface area contributed by atoms with Gasteiger partial charge in [0.05, 0.1) is 6.26 Å². The predicted octanol–water partition coefficient (Wildman–Crippen LogP) is 0.620. The molecular formula is C3H5OSi. The Bertz CT molecular complexity index is 33.9. The molecule has 0 aliphatic carbocycles. The van der Waals surface area contributed by atoms with E-state index in [2.05, 4.69) is 14.9 Å². The van der Waals surface area contributed by atoms with Gasteiger partial charge in [-0.05, 0) is 6.92 Å². The lowest BCUT2D eigenvalue weighted by atomic mass is 10.8. The van der Waals surface area contributed by atoms with Crippen LogP contribution in [0.3, 0.4) is 0 Å². The Morgan fingerprint density at radius 2 is 2.40 bits per heavy atom. The molecule has 0 saturated heterocycles. The van der Waals surface area contributed by atoms with Crippen molar-refractivity contribution in [1.29, 1.82) is 0 Å². The molecule has 0 atom stereocenters. The lowest BCUT2D eigenvalue weighted by Crippen LogP contribution is -1.62. The fourth-order valence-corrected chi connectivity index (χ4v) is 0.204. The van der Waals surface area contributed by atoms with Gasteiger partial charge in [-0.3, -0.25) is 0 Å². The van der Waals surface area contributed by atoms with E-state index in [-0.39, 0.29) is 0 Å². The zero-order valence-corrected chi connectivity index (χ0v) is 4.06. The highest BCUT2D eigenvalue weighted by Crippen LogP contribution is 1.63. The Balaban J connectivity index is 2.62. The van der Waals surface area contributed by atoms with E-state index in [4.69, 9.17) is 0 Å². The van der Waals surface area contributed by atoms with Gasteiger partial charge in [0.2, 0.25) is 0 Å². The van der Waals surface area contributed by atoms with E-state index in [9.17, 15) is 0 Å². The summed E-state index contributed by atoms with van der Waals surface area (Å²) in [5.74, 6) is 0. The lowest BCUT2D eigenvalue weighted by Gasteiger charge is -1.75. The van der Waals surface area contributed by atoms with Crippen LogP contribution in [0.2, 0.25) is 0 Å². The normalized spacial score (nSPS) is 9.20. The molecule has 0 fully saturated rings. The molecule has 0 rings (SSSR count). The van der Waals surface area contributed by atoms with Gasteiger partial charge in [-0.2, -0.15) is 0 Å². The van der Waals surface area contributed by atoms with E-state index < -0.39 is 0 Å². The summed E-state index contributed by atoms with van der Waals surface area (Å²) in [5, 5.41) is 0. The number of allylic oxidation sites excluding steroid dienone is 1.